The van der Waals surface area contributed by atoms with Crippen molar-refractivity contribution in [1.29, 1.82) is 0 Å². The van der Waals surface area contributed by atoms with E-state index in [1.54, 1.807) is 0 Å². The van der Waals surface area contributed by atoms with Crippen molar-refractivity contribution >= 4 is 23.2 Å². The Bertz CT molecular complexity index is 778. The summed E-state index contributed by atoms with van der Waals surface area (Å²) in [7, 11) is 1.48. The van der Waals surface area contributed by atoms with E-state index in [2.05, 4.69) is 10.3 Å². The first-order valence-corrected chi connectivity index (χ1v) is 7.60. The summed E-state index contributed by atoms with van der Waals surface area (Å²) in [4.78, 5) is 17.2. The number of imidazole rings is 1. The molecule has 0 aliphatic rings. The molecular formula is C15H14ClF5N4O. The van der Waals surface area contributed by atoms with E-state index < -0.39 is 24.2 Å². The quantitative estimate of drug-likeness (QED) is 0.750. The topological polar surface area (TPSA) is 50.2 Å². The summed E-state index contributed by atoms with van der Waals surface area (Å²) >= 11 is 5.81. The van der Waals surface area contributed by atoms with Crippen LogP contribution >= 0.6 is 11.6 Å². The Kier molecular flexibility index (Phi) is 6.19. The highest BCUT2D eigenvalue weighted by Crippen LogP contribution is 2.33. The SMILES string of the molecule is CN(CC(=O)Nc1cc(C(F)(F)F)ccc1Cl)Cc1nccn1C(F)F. The zero-order valence-electron chi connectivity index (χ0n) is 13.4. The molecule has 1 aromatic heterocycles. The lowest BCUT2D eigenvalue weighted by Crippen LogP contribution is -2.31. The molecule has 2 aromatic rings. The van der Waals surface area contributed by atoms with Crippen LogP contribution in [0.4, 0.5) is 27.6 Å². The summed E-state index contributed by atoms with van der Waals surface area (Å²) in [5.74, 6) is -0.601. The van der Waals surface area contributed by atoms with Gasteiger partial charge in [0.1, 0.15) is 5.82 Å². The van der Waals surface area contributed by atoms with Gasteiger partial charge in [-0.05, 0) is 25.2 Å². The van der Waals surface area contributed by atoms with E-state index in [9.17, 15) is 26.7 Å². The number of hydrogen-bond donors (Lipinski definition) is 1. The van der Waals surface area contributed by atoms with Gasteiger partial charge in [0.25, 0.3) is 0 Å². The van der Waals surface area contributed by atoms with E-state index in [1.165, 1.54) is 18.1 Å². The van der Waals surface area contributed by atoms with Crippen molar-refractivity contribution in [3.63, 3.8) is 0 Å². The van der Waals surface area contributed by atoms with Crippen molar-refractivity contribution in [2.24, 2.45) is 0 Å². The van der Waals surface area contributed by atoms with Crippen molar-refractivity contribution in [1.82, 2.24) is 14.5 Å². The second kappa shape index (κ2) is 8.00. The molecular weight excluding hydrogens is 383 g/mol. The molecule has 0 aliphatic heterocycles. The van der Waals surface area contributed by atoms with Crippen LogP contribution in [0.25, 0.3) is 0 Å². The monoisotopic (exact) mass is 396 g/mol. The van der Waals surface area contributed by atoms with Gasteiger partial charge in [-0.1, -0.05) is 11.6 Å². The van der Waals surface area contributed by atoms with Gasteiger partial charge in [0, 0.05) is 12.4 Å². The molecule has 0 saturated heterocycles. The highest BCUT2D eigenvalue weighted by atomic mass is 35.5. The van der Waals surface area contributed by atoms with Crippen LogP contribution in [0.1, 0.15) is 17.9 Å². The highest BCUT2D eigenvalue weighted by molar-refractivity contribution is 6.33. The fourth-order valence-corrected chi connectivity index (χ4v) is 2.34. The van der Waals surface area contributed by atoms with E-state index >= 15 is 0 Å². The molecule has 142 valence electrons. The summed E-state index contributed by atoms with van der Waals surface area (Å²) in [5.41, 5.74) is -1.14. The Morgan fingerprint density at radius 2 is 2.08 bits per heavy atom. The van der Waals surface area contributed by atoms with Crippen LogP contribution in [0, 0.1) is 0 Å². The molecule has 0 bridgehead atoms. The molecule has 0 fully saturated rings. The number of carbonyl (C=O) groups excluding carboxylic acids is 1. The third-order valence-electron chi connectivity index (χ3n) is 3.35. The summed E-state index contributed by atoms with van der Waals surface area (Å²) < 4.78 is 64.3. The largest absolute Gasteiger partial charge is 0.416 e. The standard InChI is InChI=1S/C15H14ClF5N4O/c1-24(7-12-22-4-5-25(12)14(17)18)8-13(26)23-11-6-9(15(19,20)21)2-3-10(11)16/h2-6,14H,7-8H2,1H3,(H,23,26). The summed E-state index contributed by atoms with van der Waals surface area (Å²) in [6, 6.07) is 2.56. The Labute approximate surface area is 150 Å². The third-order valence-corrected chi connectivity index (χ3v) is 3.68. The first kappa shape index (κ1) is 20.1. The Morgan fingerprint density at radius 3 is 2.69 bits per heavy atom. The first-order valence-electron chi connectivity index (χ1n) is 7.23. The van der Waals surface area contributed by atoms with Gasteiger partial charge in [0.15, 0.2) is 0 Å². The molecule has 26 heavy (non-hydrogen) atoms. The predicted octanol–water partition coefficient (Wildman–Crippen LogP) is 4.02. The second-order valence-electron chi connectivity index (χ2n) is 5.44. The average Bonchev–Trinajstić information content (AvgIpc) is 2.96. The zero-order chi connectivity index (χ0) is 19.5. The second-order valence-corrected chi connectivity index (χ2v) is 5.85. The molecule has 1 heterocycles. The van der Waals surface area contributed by atoms with Crippen molar-refractivity contribution in [2.75, 3.05) is 18.9 Å². The lowest BCUT2D eigenvalue weighted by atomic mass is 10.2. The molecule has 1 aromatic carbocycles. The Hall–Kier alpha value is -2.20. The Morgan fingerprint density at radius 1 is 1.38 bits per heavy atom. The van der Waals surface area contributed by atoms with Gasteiger partial charge in [-0.2, -0.15) is 22.0 Å². The number of rotatable bonds is 6. The van der Waals surface area contributed by atoms with Gasteiger partial charge in [-0.25, -0.2) is 4.98 Å². The average molecular weight is 397 g/mol. The number of benzene rings is 1. The van der Waals surface area contributed by atoms with Crippen LogP contribution in [-0.4, -0.2) is 34.0 Å². The van der Waals surface area contributed by atoms with Gasteiger partial charge >= 0.3 is 12.7 Å². The maximum atomic E-state index is 12.8. The van der Waals surface area contributed by atoms with E-state index in [-0.39, 0.29) is 29.6 Å². The molecule has 2 rings (SSSR count). The molecule has 0 radical (unpaired) electrons. The number of carbonyl (C=O) groups is 1. The zero-order valence-corrected chi connectivity index (χ0v) is 14.2. The van der Waals surface area contributed by atoms with Crippen LogP contribution in [0.3, 0.4) is 0 Å². The normalized spacial score (nSPS) is 12.0. The molecule has 0 unspecified atom stereocenters. The van der Waals surface area contributed by atoms with E-state index in [1.807, 2.05) is 0 Å². The lowest BCUT2D eigenvalue weighted by Gasteiger charge is -2.17. The van der Waals surface area contributed by atoms with E-state index in [0.29, 0.717) is 4.57 Å². The molecule has 0 atom stereocenters. The number of likely N-dealkylation sites (N-methyl/N-ethyl adjacent to an activating group) is 1. The van der Waals surface area contributed by atoms with Crippen LogP contribution in [-0.2, 0) is 17.5 Å². The van der Waals surface area contributed by atoms with Crippen molar-refractivity contribution in [2.45, 2.75) is 19.3 Å². The number of halogens is 6. The summed E-state index contributed by atoms with van der Waals surface area (Å²) in [5, 5.41) is 2.23. The van der Waals surface area contributed by atoms with E-state index in [4.69, 9.17) is 11.6 Å². The maximum absolute atomic E-state index is 12.8. The number of alkyl halides is 5. The Balaban J connectivity index is 2.01. The van der Waals surface area contributed by atoms with Crippen LogP contribution < -0.4 is 5.32 Å². The van der Waals surface area contributed by atoms with Crippen LogP contribution in [0.2, 0.25) is 5.02 Å². The third kappa shape index (κ3) is 5.15. The highest BCUT2D eigenvalue weighted by Gasteiger charge is 2.31. The number of amides is 1. The molecule has 1 N–H and O–H groups in total. The maximum Gasteiger partial charge on any atom is 0.416 e. The number of anilines is 1. The van der Waals surface area contributed by atoms with Crippen LogP contribution in [0.15, 0.2) is 30.6 Å². The lowest BCUT2D eigenvalue weighted by molar-refractivity contribution is -0.137. The van der Waals surface area contributed by atoms with Crippen LogP contribution in [0.5, 0.6) is 0 Å². The molecule has 0 saturated carbocycles. The summed E-state index contributed by atoms with van der Waals surface area (Å²) in [6.45, 7) is -3.08. The fraction of sp³-hybridized carbons (Fsp3) is 0.333. The minimum atomic E-state index is -4.58. The minimum Gasteiger partial charge on any atom is -0.324 e. The number of nitrogens with zero attached hydrogens (tertiary/aromatic N) is 3. The minimum absolute atomic E-state index is 0.0485. The fourth-order valence-electron chi connectivity index (χ4n) is 2.17. The van der Waals surface area contributed by atoms with Crippen molar-refractivity contribution in [3.8, 4) is 0 Å². The van der Waals surface area contributed by atoms with Gasteiger partial charge in [-0.3, -0.25) is 14.3 Å². The molecule has 11 heteroatoms. The van der Waals surface area contributed by atoms with Gasteiger partial charge in [0.2, 0.25) is 5.91 Å². The van der Waals surface area contributed by atoms with Gasteiger partial charge < -0.3 is 5.32 Å². The molecule has 0 aliphatic carbocycles. The summed E-state index contributed by atoms with van der Waals surface area (Å²) in [6.07, 6.45) is -2.26. The molecule has 1 amide bonds. The molecule has 5 nitrogen and oxygen atoms in total. The number of aromatic nitrogens is 2. The number of nitrogens with one attached hydrogen (secondary N) is 1. The number of hydrogen-bond acceptors (Lipinski definition) is 3. The van der Waals surface area contributed by atoms with Crippen molar-refractivity contribution in [3.05, 3.63) is 47.0 Å². The first-order chi connectivity index (χ1) is 12.1. The smallest absolute Gasteiger partial charge is 0.324 e. The molecule has 0 spiro atoms. The van der Waals surface area contributed by atoms with Gasteiger partial charge in [0.05, 0.1) is 29.4 Å². The predicted molar refractivity (Wildman–Crippen MR) is 84.9 cm³/mol. The van der Waals surface area contributed by atoms with Crippen molar-refractivity contribution < 1.29 is 26.7 Å². The van der Waals surface area contributed by atoms with Gasteiger partial charge in [-0.15, -0.1) is 0 Å². The van der Waals surface area contributed by atoms with E-state index in [0.717, 1.165) is 24.4 Å².